The van der Waals surface area contributed by atoms with Crippen molar-refractivity contribution in [3.05, 3.63) is 48.0 Å². The number of carbonyl (C=O) groups excluding carboxylic acids is 3. The van der Waals surface area contributed by atoms with Crippen molar-refractivity contribution in [2.24, 2.45) is 5.73 Å². The number of thiol groups is 1. The van der Waals surface area contributed by atoms with Crippen LogP contribution in [0.1, 0.15) is 24.1 Å². The van der Waals surface area contributed by atoms with Crippen molar-refractivity contribution in [1.29, 1.82) is 0 Å². The Hall–Kier alpha value is -4.11. The Morgan fingerprint density at radius 1 is 0.921 bits per heavy atom. The normalized spacial score (nSPS) is 13.9. The van der Waals surface area contributed by atoms with Gasteiger partial charge in [0.2, 0.25) is 17.7 Å². The first-order chi connectivity index (χ1) is 18.0. The third kappa shape index (κ3) is 9.74. The quantitative estimate of drug-likeness (QED) is 0.117. The topological polar surface area (TPSA) is 237 Å². The molecule has 0 saturated heterocycles. The minimum atomic E-state index is -1.36. The van der Waals surface area contributed by atoms with Gasteiger partial charge in [0.05, 0.1) is 12.4 Å². The summed E-state index contributed by atoms with van der Waals surface area (Å²) in [4.78, 5) is 67.9. The number of benzene rings is 1. The third-order valence-electron chi connectivity index (χ3n) is 5.42. The molecule has 1 aromatic heterocycles. The molecule has 15 heteroatoms. The Morgan fingerprint density at radius 2 is 1.53 bits per heavy atom. The van der Waals surface area contributed by atoms with Crippen LogP contribution in [-0.4, -0.2) is 84.9 Å². The molecular weight excluding hydrogens is 520 g/mol. The van der Waals surface area contributed by atoms with Crippen LogP contribution in [0.15, 0.2) is 36.8 Å². The Bertz CT molecular complexity index is 1110. The number of aromatic hydroxyl groups is 1. The van der Waals surface area contributed by atoms with Gasteiger partial charge in [-0.1, -0.05) is 12.1 Å². The van der Waals surface area contributed by atoms with E-state index >= 15 is 0 Å². The van der Waals surface area contributed by atoms with Gasteiger partial charge in [0.15, 0.2) is 0 Å². The highest BCUT2D eigenvalue weighted by Crippen LogP contribution is 2.12. The van der Waals surface area contributed by atoms with Gasteiger partial charge in [-0.15, -0.1) is 0 Å². The molecular formula is C23H30N6O8S. The number of nitrogens with two attached hydrogens (primary N) is 1. The summed E-state index contributed by atoms with van der Waals surface area (Å²) < 4.78 is 0. The van der Waals surface area contributed by atoms with Gasteiger partial charge in [-0.05, 0) is 24.1 Å². The van der Waals surface area contributed by atoms with Gasteiger partial charge in [-0.25, -0.2) is 9.78 Å². The van der Waals surface area contributed by atoms with E-state index in [1.165, 1.54) is 36.8 Å². The van der Waals surface area contributed by atoms with E-state index in [9.17, 15) is 34.2 Å². The highest BCUT2D eigenvalue weighted by Gasteiger charge is 2.30. The van der Waals surface area contributed by atoms with Crippen LogP contribution < -0.4 is 21.7 Å². The SMILES string of the molecule is NC(Cc1cnc[nH]1)C(=O)NC(CCC(=O)O)C(=O)NC(Cc1ccc(O)cc1)C(=O)NC(CS)C(=O)O. The summed E-state index contributed by atoms with van der Waals surface area (Å²) in [6.45, 7) is 0. The van der Waals surface area contributed by atoms with Gasteiger partial charge in [-0.2, -0.15) is 12.6 Å². The second-order valence-electron chi connectivity index (χ2n) is 8.39. The Morgan fingerprint density at radius 3 is 2.08 bits per heavy atom. The molecule has 0 aliphatic carbocycles. The van der Waals surface area contributed by atoms with Crippen LogP contribution in [-0.2, 0) is 36.8 Å². The van der Waals surface area contributed by atoms with Crippen LogP contribution in [0, 0.1) is 0 Å². The number of carboxylic acids is 2. The smallest absolute Gasteiger partial charge is 0.327 e. The van der Waals surface area contributed by atoms with Gasteiger partial charge in [0.25, 0.3) is 0 Å². The summed E-state index contributed by atoms with van der Waals surface area (Å²) in [5, 5.41) is 35.1. The molecule has 0 fully saturated rings. The lowest BCUT2D eigenvalue weighted by atomic mass is 10.0. The van der Waals surface area contributed by atoms with Crippen molar-refractivity contribution in [3.8, 4) is 5.75 Å². The predicted molar refractivity (Wildman–Crippen MR) is 136 cm³/mol. The number of H-pyrrole nitrogens is 1. The molecule has 0 aliphatic heterocycles. The second kappa shape index (κ2) is 14.6. The number of hydrogen-bond donors (Lipinski definition) is 9. The number of hydrogen-bond acceptors (Lipinski definition) is 9. The molecule has 0 aliphatic rings. The highest BCUT2D eigenvalue weighted by molar-refractivity contribution is 7.80. The van der Waals surface area contributed by atoms with E-state index in [0.29, 0.717) is 11.3 Å². The number of nitrogens with zero attached hydrogens (tertiary/aromatic N) is 1. The molecule has 0 spiro atoms. The van der Waals surface area contributed by atoms with Crippen molar-refractivity contribution in [3.63, 3.8) is 0 Å². The maximum absolute atomic E-state index is 13.2. The molecule has 2 aromatic rings. The van der Waals surface area contributed by atoms with Gasteiger partial charge >= 0.3 is 11.9 Å². The van der Waals surface area contributed by atoms with Crippen molar-refractivity contribution in [1.82, 2.24) is 25.9 Å². The summed E-state index contributed by atoms with van der Waals surface area (Å²) in [7, 11) is 0. The molecule has 1 aromatic carbocycles. The summed E-state index contributed by atoms with van der Waals surface area (Å²) >= 11 is 3.91. The van der Waals surface area contributed by atoms with Crippen molar-refractivity contribution < 1.29 is 39.3 Å². The van der Waals surface area contributed by atoms with Crippen LogP contribution >= 0.6 is 12.6 Å². The fraction of sp³-hybridized carbons (Fsp3) is 0.391. The zero-order chi connectivity index (χ0) is 28.2. The number of amides is 3. The highest BCUT2D eigenvalue weighted by atomic mass is 32.1. The number of aromatic nitrogens is 2. The minimum Gasteiger partial charge on any atom is -0.508 e. The van der Waals surface area contributed by atoms with Crippen LogP contribution in [0.3, 0.4) is 0 Å². The third-order valence-corrected chi connectivity index (χ3v) is 5.78. The number of imidazole rings is 1. The average Bonchev–Trinajstić information content (AvgIpc) is 3.38. The van der Waals surface area contributed by atoms with Gasteiger partial charge < -0.3 is 42.0 Å². The predicted octanol–water partition coefficient (Wildman–Crippen LogP) is -1.44. The molecule has 2 rings (SSSR count). The van der Waals surface area contributed by atoms with Crippen molar-refractivity contribution in [2.75, 3.05) is 5.75 Å². The number of nitrogens with one attached hydrogen (secondary N) is 4. The molecule has 0 saturated carbocycles. The van der Waals surface area contributed by atoms with Crippen LogP contribution in [0.4, 0.5) is 0 Å². The lowest BCUT2D eigenvalue weighted by molar-refractivity contribution is -0.141. The van der Waals surface area contributed by atoms with Gasteiger partial charge in [0.1, 0.15) is 23.9 Å². The first-order valence-corrected chi connectivity index (χ1v) is 12.1. The molecule has 1 heterocycles. The molecule has 206 valence electrons. The van der Waals surface area contributed by atoms with Gasteiger partial charge in [0, 0.05) is 36.9 Å². The van der Waals surface area contributed by atoms with E-state index in [4.69, 9.17) is 10.8 Å². The number of carboxylic acid groups (broad SMARTS) is 2. The van der Waals surface area contributed by atoms with Crippen LogP contribution in [0.2, 0.25) is 0 Å². The van der Waals surface area contributed by atoms with Crippen LogP contribution in [0.25, 0.3) is 0 Å². The number of phenolic OH excluding ortho intramolecular Hbond substituents is 1. The maximum atomic E-state index is 13.2. The van der Waals surface area contributed by atoms with Gasteiger partial charge in [-0.3, -0.25) is 19.2 Å². The number of aliphatic carboxylic acids is 2. The summed E-state index contributed by atoms with van der Waals surface area (Å²) in [6.07, 6.45) is 2.09. The zero-order valence-corrected chi connectivity index (χ0v) is 21.1. The fourth-order valence-electron chi connectivity index (χ4n) is 3.35. The Kier molecular flexibility index (Phi) is 11.6. The second-order valence-corrected chi connectivity index (χ2v) is 8.76. The lowest BCUT2D eigenvalue weighted by Crippen LogP contribution is -2.58. The van der Waals surface area contributed by atoms with E-state index in [1.54, 1.807) is 0 Å². The van der Waals surface area contributed by atoms with Crippen molar-refractivity contribution in [2.45, 2.75) is 49.9 Å². The van der Waals surface area contributed by atoms with E-state index < -0.39 is 60.2 Å². The number of aromatic amines is 1. The minimum absolute atomic E-state index is 0.0253. The fourth-order valence-corrected chi connectivity index (χ4v) is 3.60. The van der Waals surface area contributed by atoms with Crippen LogP contribution in [0.5, 0.6) is 5.75 Å². The summed E-state index contributed by atoms with van der Waals surface area (Å²) in [5.41, 5.74) is 7.01. The number of rotatable bonds is 15. The molecule has 3 amide bonds. The Balaban J connectivity index is 2.21. The summed E-state index contributed by atoms with van der Waals surface area (Å²) in [5.74, 6) is -5.23. The number of carbonyl (C=O) groups is 5. The lowest BCUT2D eigenvalue weighted by Gasteiger charge is -2.25. The largest absolute Gasteiger partial charge is 0.508 e. The van der Waals surface area contributed by atoms with E-state index in [2.05, 4.69) is 38.5 Å². The molecule has 4 unspecified atom stereocenters. The molecule has 0 bridgehead atoms. The van der Waals surface area contributed by atoms with E-state index in [1.807, 2.05) is 0 Å². The monoisotopic (exact) mass is 550 g/mol. The molecule has 4 atom stereocenters. The first-order valence-electron chi connectivity index (χ1n) is 11.5. The maximum Gasteiger partial charge on any atom is 0.327 e. The molecule has 38 heavy (non-hydrogen) atoms. The molecule has 9 N–H and O–H groups in total. The van der Waals surface area contributed by atoms with Crippen molar-refractivity contribution >= 4 is 42.3 Å². The first kappa shape index (κ1) is 30.1. The average molecular weight is 551 g/mol. The molecule has 14 nitrogen and oxygen atoms in total. The number of phenols is 1. The van der Waals surface area contributed by atoms with E-state index in [0.717, 1.165) is 0 Å². The zero-order valence-electron chi connectivity index (χ0n) is 20.2. The van der Waals surface area contributed by atoms with E-state index in [-0.39, 0.29) is 30.8 Å². The standard InChI is InChI=1S/C23H30N6O8S/c24-15(8-13-9-25-11-26-13)20(33)27-16(5-6-19(31)32)21(34)28-17(7-12-1-3-14(30)4-2-12)22(35)29-18(10-38)23(36)37/h1-4,9,11,15-18,30,38H,5-8,10,24H2,(H,25,26)(H,27,33)(H,28,34)(H,29,35)(H,31,32)(H,36,37). The molecule has 0 radical (unpaired) electrons. The Labute approximate surface area is 222 Å². The summed E-state index contributed by atoms with van der Waals surface area (Å²) in [6, 6.07) is 0.665.